The second kappa shape index (κ2) is 11.6. The molecule has 0 radical (unpaired) electrons. The molecule has 1 fully saturated rings. The molecule has 0 bridgehead atoms. The Morgan fingerprint density at radius 1 is 0.947 bits per heavy atom. The Labute approximate surface area is 118 Å². The van der Waals surface area contributed by atoms with Crippen molar-refractivity contribution in [1.29, 1.82) is 0 Å². The van der Waals surface area contributed by atoms with Gasteiger partial charge in [0.25, 0.3) is 0 Å². The van der Waals surface area contributed by atoms with Gasteiger partial charge < -0.3 is 26.0 Å². The fourth-order valence-corrected chi connectivity index (χ4v) is 2.48. The van der Waals surface area contributed by atoms with Crippen LogP contribution in [-0.2, 0) is 4.74 Å². The number of hydrogen-bond acceptors (Lipinski definition) is 5. The Bertz CT molecular complexity index is 204. The smallest absolute Gasteiger partial charge is 0.0740 e. The maximum absolute atomic E-state index is 5.82. The second-order valence-corrected chi connectivity index (χ2v) is 5.21. The molecule has 0 saturated carbocycles. The molecule has 0 spiro atoms. The third-order valence-corrected chi connectivity index (χ3v) is 3.61. The van der Waals surface area contributed by atoms with E-state index in [1.54, 1.807) is 0 Å². The fraction of sp³-hybridized carbons (Fsp3) is 1.00. The average molecular weight is 272 g/mol. The minimum atomic E-state index is 0.395. The summed E-state index contributed by atoms with van der Waals surface area (Å²) in [7, 11) is 4.00. The van der Waals surface area contributed by atoms with E-state index in [0.29, 0.717) is 12.1 Å². The molecule has 1 heterocycles. The minimum absolute atomic E-state index is 0.395. The summed E-state index contributed by atoms with van der Waals surface area (Å²) >= 11 is 0. The van der Waals surface area contributed by atoms with Crippen LogP contribution in [0.1, 0.15) is 25.7 Å². The van der Waals surface area contributed by atoms with Crippen LogP contribution >= 0.6 is 0 Å². The third-order valence-electron chi connectivity index (χ3n) is 3.61. The summed E-state index contributed by atoms with van der Waals surface area (Å²) in [6, 6.07) is 0.552. The van der Waals surface area contributed by atoms with Crippen molar-refractivity contribution in [2.24, 2.45) is 0 Å². The van der Waals surface area contributed by atoms with E-state index < -0.39 is 0 Å². The molecule has 2 atom stereocenters. The van der Waals surface area contributed by atoms with Gasteiger partial charge in [-0.2, -0.15) is 0 Å². The lowest BCUT2D eigenvalue weighted by Gasteiger charge is -2.20. The molecule has 1 aliphatic heterocycles. The molecule has 0 aliphatic carbocycles. The summed E-state index contributed by atoms with van der Waals surface area (Å²) < 4.78 is 5.82. The molecule has 0 aromatic heterocycles. The van der Waals surface area contributed by atoms with Crippen LogP contribution in [-0.4, -0.2) is 65.6 Å². The normalized spacial score (nSPS) is 23.1. The largest absolute Gasteiger partial charge is 0.376 e. The molecule has 5 heteroatoms. The molecular formula is C14H32N4O. The van der Waals surface area contributed by atoms with E-state index in [4.69, 9.17) is 4.74 Å². The van der Waals surface area contributed by atoms with Gasteiger partial charge in [0.05, 0.1) is 6.10 Å². The standard InChI is InChI=1S/C14H32N4O/c1-15-7-3-9-17-11-5-14-13(6-12-19-14)18-10-4-8-16-2/h13-18H,3-12H2,1-2H3/t13-,14?/m0/s1. The van der Waals surface area contributed by atoms with Crippen LogP contribution in [0, 0.1) is 0 Å². The van der Waals surface area contributed by atoms with Gasteiger partial charge in [-0.15, -0.1) is 0 Å². The van der Waals surface area contributed by atoms with Crippen molar-refractivity contribution >= 4 is 0 Å². The van der Waals surface area contributed by atoms with Crippen molar-refractivity contribution in [3.05, 3.63) is 0 Å². The van der Waals surface area contributed by atoms with Crippen molar-refractivity contribution in [2.45, 2.75) is 37.8 Å². The van der Waals surface area contributed by atoms with Crippen LogP contribution in [0.5, 0.6) is 0 Å². The summed E-state index contributed by atoms with van der Waals surface area (Å²) in [5.41, 5.74) is 0. The quantitative estimate of drug-likeness (QED) is 0.375. The molecule has 1 aliphatic rings. The summed E-state index contributed by atoms with van der Waals surface area (Å²) in [6.07, 6.45) is 5.04. The molecule has 0 amide bonds. The molecule has 4 N–H and O–H groups in total. The van der Waals surface area contributed by atoms with Gasteiger partial charge in [-0.3, -0.25) is 0 Å². The Morgan fingerprint density at radius 3 is 2.42 bits per heavy atom. The van der Waals surface area contributed by atoms with Crippen molar-refractivity contribution in [2.75, 3.05) is 53.4 Å². The zero-order valence-corrected chi connectivity index (χ0v) is 12.6. The third kappa shape index (κ3) is 7.84. The predicted molar refractivity (Wildman–Crippen MR) is 80.7 cm³/mol. The van der Waals surface area contributed by atoms with E-state index in [2.05, 4.69) is 21.3 Å². The first kappa shape index (κ1) is 16.9. The predicted octanol–water partition coefficient (Wildman–Crippen LogP) is -0.0678. The van der Waals surface area contributed by atoms with Crippen molar-refractivity contribution in [3.8, 4) is 0 Å². The van der Waals surface area contributed by atoms with Gasteiger partial charge in [-0.05, 0) is 72.5 Å². The van der Waals surface area contributed by atoms with Crippen LogP contribution in [0.15, 0.2) is 0 Å². The Balaban J connectivity index is 2.00. The molecule has 1 saturated heterocycles. The van der Waals surface area contributed by atoms with Gasteiger partial charge in [0, 0.05) is 12.6 Å². The maximum atomic E-state index is 5.82. The average Bonchev–Trinajstić information content (AvgIpc) is 2.86. The first-order chi connectivity index (χ1) is 9.38. The summed E-state index contributed by atoms with van der Waals surface area (Å²) in [4.78, 5) is 0. The Kier molecular flexibility index (Phi) is 10.3. The Morgan fingerprint density at radius 2 is 1.68 bits per heavy atom. The fourth-order valence-electron chi connectivity index (χ4n) is 2.48. The first-order valence-electron chi connectivity index (χ1n) is 7.73. The molecule has 19 heavy (non-hydrogen) atoms. The Hall–Kier alpha value is -0.200. The van der Waals surface area contributed by atoms with E-state index in [-0.39, 0.29) is 0 Å². The van der Waals surface area contributed by atoms with Crippen molar-refractivity contribution in [3.63, 3.8) is 0 Å². The SMILES string of the molecule is CNCCCNCCC1OCC[C@@H]1NCCCNC. The molecule has 1 unspecified atom stereocenters. The summed E-state index contributed by atoms with van der Waals surface area (Å²) in [5.74, 6) is 0. The van der Waals surface area contributed by atoms with E-state index in [0.717, 1.165) is 52.2 Å². The zero-order valence-electron chi connectivity index (χ0n) is 12.6. The maximum Gasteiger partial charge on any atom is 0.0740 e. The second-order valence-electron chi connectivity index (χ2n) is 5.21. The van der Waals surface area contributed by atoms with Crippen LogP contribution < -0.4 is 21.3 Å². The highest BCUT2D eigenvalue weighted by molar-refractivity contribution is 4.82. The number of hydrogen-bond donors (Lipinski definition) is 4. The number of ether oxygens (including phenoxy) is 1. The van der Waals surface area contributed by atoms with Gasteiger partial charge in [0.2, 0.25) is 0 Å². The van der Waals surface area contributed by atoms with Gasteiger partial charge in [-0.25, -0.2) is 0 Å². The first-order valence-corrected chi connectivity index (χ1v) is 7.73. The lowest BCUT2D eigenvalue weighted by molar-refractivity contribution is 0.0914. The summed E-state index contributed by atoms with van der Waals surface area (Å²) in [5, 5.41) is 13.4. The minimum Gasteiger partial charge on any atom is -0.376 e. The van der Waals surface area contributed by atoms with Crippen molar-refractivity contribution in [1.82, 2.24) is 21.3 Å². The summed E-state index contributed by atoms with van der Waals surface area (Å²) in [6.45, 7) is 6.31. The lowest BCUT2D eigenvalue weighted by atomic mass is 10.1. The van der Waals surface area contributed by atoms with Gasteiger partial charge >= 0.3 is 0 Å². The molecule has 1 rings (SSSR count). The lowest BCUT2D eigenvalue weighted by Crippen LogP contribution is -2.39. The van der Waals surface area contributed by atoms with E-state index >= 15 is 0 Å². The van der Waals surface area contributed by atoms with Crippen LogP contribution in [0.3, 0.4) is 0 Å². The van der Waals surface area contributed by atoms with Gasteiger partial charge in [0.15, 0.2) is 0 Å². The highest BCUT2D eigenvalue weighted by atomic mass is 16.5. The highest BCUT2D eigenvalue weighted by Crippen LogP contribution is 2.16. The van der Waals surface area contributed by atoms with Crippen molar-refractivity contribution < 1.29 is 4.74 Å². The van der Waals surface area contributed by atoms with Crippen LogP contribution in [0.25, 0.3) is 0 Å². The van der Waals surface area contributed by atoms with Crippen LogP contribution in [0.2, 0.25) is 0 Å². The monoisotopic (exact) mass is 272 g/mol. The molecule has 5 nitrogen and oxygen atoms in total. The molecular weight excluding hydrogens is 240 g/mol. The zero-order chi connectivity index (χ0) is 13.8. The van der Waals surface area contributed by atoms with E-state index in [9.17, 15) is 0 Å². The van der Waals surface area contributed by atoms with E-state index in [1.165, 1.54) is 12.8 Å². The van der Waals surface area contributed by atoms with E-state index in [1.807, 2.05) is 14.1 Å². The number of rotatable bonds is 12. The molecule has 114 valence electrons. The molecule has 0 aromatic rings. The number of nitrogens with one attached hydrogen (secondary N) is 4. The van der Waals surface area contributed by atoms with Gasteiger partial charge in [0.1, 0.15) is 0 Å². The highest BCUT2D eigenvalue weighted by Gasteiger charge is 2.26. The topological polar surface area (TPSA) is 57.4 Å². The van der Waals surface area contributed by atoms with Crippen LogP contribution in [0.4, 0.5) is 0 Å². The molecule has 0 aromatic carbocycles. The van der Waals surface area contributed by atoms with Gasteiger partial charge in [-0.1, -0.05) is 0 Å².